The Morgan fingerprint density at radius 3 is 2.00 bits per heavy atom. The predicted molar refractivity (Wildman–Crippen MR) is 98.6 cm³/mol. The van der Waals surface area contributed by atoms with E-state index in [1.54, 1.807) is 0 Å². The summed E-state index contributed by atoms with van der Waals surface area (Å²) in [4.78, 5) is 0. The van der Waals surface area contributed by atoms with Gasteiger partial charge in [-0.1, -0.05) is 52.9 Å². The van der Waals surface area contributed by atoms with E-state index >= 15 is 0 Å². The number of hydrogen-bond acceptors (Lipinski definition) is 3. The molecule has 0 aliphatic carbocycles. The molecule has 0 amide bonds. The van der Waals surface area contributed by atoms with Crippen LogP contribution in [-0.4, -0.2) is 31.2 Å². The highest BCUT2D eigenvalue weighted by Crippen LogP contribution is 2.20. The number of hydrogen-bond donors (Lipinski definition) is 1. The lowest BCUT2D eigenvalue weighted by Crippen LogP contribution is -2.11. The molecule has 0 aliphatic rings. The molecule has 3 unspecified atom stereocenters. The number of rotatable bonds is 17. The maximum Gasteiger partial charge on any atom is 0.146 e. The summed E-state index contributed by atoms with van der Waals surface area (Å²) in [5.74, 6) is 1.31. The first-order chi connectivity index (χ1) is 11.1. The monoisotopic (exact) mass is 330 g/mol. The van der Waals surface area contributed by atoms with Crippen molar-refractivity contribution in [2.45, 2.75) is 98.0 Å². The third kappa shape index (κ3) is 18.1. The summed E-state index contributed by atoms with van der Waals surface area (Å²) in [7, 11) is 0. The molecule has 3 nitrogen and oxygen atoms in total. The van der Waals surface area contributed by atoms with Crippen LogP contribution in [0.1, 0.15) is 91.9 Å². The summed E-state index contributed by atoms with van der Waals surface area (Å²) in [6.45, 7) is 10.7. The van der Waals surface area contributed by atoms with Gasteiger partial charge in [-0.2, -0.15) is 0 Å². The molecule has 3 atom stereocenters. The van der Waals surface area contributed by atoms with Crippen molar-refractivity contribution in [2.75, 3.05) is 20.0 Å². The molecule has 0 fully saturated rings. The van der Waals surface area contributed by atoms with E-state index in [-0.39, 0.29) is 6.10 Å². The quantitative estimate of drug-likeness (QED) is 0.281. The van der Waals surface area contributed by atoms with E-state index in [1.165, 1.54) is 44.9 Å². The van der Waals surface area contributed by atoms with Crippen molar-refractivity contribution in [3.05, 3.63) is 0 Å². The van der Waals surface area contributed by atoms with Crippen LogP contribution >= 0.6 is 0 Å². The lowest BCUT2D eigenvalue weighted by Gasteiger charge is -2.18. The van der Waals surface area contributed by atoms with E-state index in [9.17, 15) is 5.11 Å². The molecule has 0 rings (SSSR count). The summed E-state index contributed by atoms with van der Waals surface area (Å²) in [6.07, 6.45) is 12.0. The molecule has 0 aromatic carbocycles. The van der Waals surface area contributed by atoms with Crippen LogP contribution in [0, 0.1) is 11.8 Å². The maximum atomic E-state index is 9.39. The first-order valence-corrected chi connectivity index (χ1v) is 9.89. The van der Waals surface area contributed by atoms with E-state index in [0.29, 0.717) is 18.6 Å². The first-order valence-electron chi connectivity index (χ1n) is 9.89. The Morgan fingerprint density at radius 2 is 1.35 bits per heavy atom. The van der Waals surface area contributed by atoms with Gasteiger partial charge in [0.25, 0.3) is 0 Å². The molecule has 23 heavy (non-hydrogen) atoms. The molecule has 1 N–H and O–H groups in total. The smallest absolute Gasteiger partial charge is 0.146 e. The second-order valence-electron chi connectivity index (χ2n) is 7.38. The molecule has 3 heteroatoms. The minimum atomic E-state index is -0.177. The fraction of sp³-hybridized carbons (Fsp3) is 1.00. The van der Waals surface area contributed by atoms with Gasteiger partial charge in [0.1, 0.15) is 6.79 Å². The highest BCUT2D eigenvalue weighted by Gasteiger charge is 2.10. The van der Waals surface area contributed by atoms with Crippen LogP contribution in [0.3, 0.4) is 0 Å². The number of aliphatic hydroxyl groups excluding tert-OH is 1. The second-order valence-corrected chi connectivity index (χ2v) is 7.38. The molecular formula is C20H42O3. The van der Waals surface area contributed by atoms with Gasteiger partial charge in [-0.05, 0) is 50.9 Å². The predicted octanol–water partition coefficient (Wildman–Crippen LogP) is 5.55. The van der Waals surface area contributed by atoms with Crippen LogP contribution in [0.15, 0.2) is 0 Å². The zero-order valence-corrected chi connectivity index (χ0v) is 16.2. The van der Waals surface area contributed by atoms with Crippen LogP contribution in [0.2, 0.25) is 0 Å². The lowest BCUT2D eigenvalue weighted by molar-refractivity contribution is -0.0561. The first kappa shape index (κ1) is 22.9. The Balaban J connectivity index is 3.23. The zero-order valence-electron chi connectivity index (χ0n) is 16.2. The minimum absolute atomic E-state index is 0.177. The molecule has 0 aliphatic heterocycles. The molecule has 0 radical (unpaired) electrons. The van der Waals surface area contributed by atoms with E-state index in [2.05, 4.69) is 20.8 Å². The zero-order chi connectivity index (χ0) is 17.3. The van der Waals surface area contributed by atoms with Crippen LogP contribution < -0.4 is 0 Å². The van der Waals surface area contributed by atoms with Gasteiger partial charge in [-0.15, -0.1) is 0 Å². The Morgan fingerprint density at radius 1 is 0.739 bits per heavy atom. The topological polar surface area (TPSA) is 38.7 Å². The van der Waals surface area contributed by atoms with Gasteiger partial charge in [0, 0.05) is 13.2 Å². The summed E-state index contributed by atoms with van der Waals surface area (Å²) in [6, 6.07) is 0. The summed E-state index contributed by atoms with van der Waals surface area (Å²) >= 11 is 0. The van der Waals surface area contributed by atoms with Gasteiger partial charge >= 0.3 is 0 Å². The van der Waals surface area contributed by atoms with Gasteiger partial charge < -0.3 is 14.6 Å². The van der Waals surface area contributed by atoms with Crippen LogP contribution in [0.25, 0.3) is 0 Å². The molecular weight excluding hydrogens is 288 g/mol. The largest absolute Gasteiger partial charge is 0.393 e. The van der Waals surface area contributed by atoms with E-state index in [1.807, 2.05) is 6.92 Å². The summed E-state index contributed by atoms with van der Waals surface area (Å²) in [5, 5.41) is 9.39. The second kappa shape index (κ2) is 16.7. The van der Waals surface area contributed by atoms with Crippen molar-refractivity contribution >= 4 is 0 Å². The Labute approximate surface area is 145 Å². The van der Waals surface area contributed by atoms with Gasteiger partial charge in [0.05, 0.1) is 6.10 Å². The van der Waals surface area contributed by atoms with Gasteiger partial charge in [-0.3, -0.25) is 0 Å². The summed E-state index contributed by atoms with van der Waals surface area (Å²) < 4.78 is 11.0. The van der Waals surface area contributed by atoms with Gasteiger partial charge in [0.2, 0.25) is 0 Å². The molecule has 0 saturated heterocycles. The van der Waals surface area contributed by atoms with Crippen molar-refractivity contribution < 1.29 is 14.6 Å². The van der Waals surface area contributed by atoms with Crippen LogP contribution in [0.5, 0.6) is 0 Å². The lowest BCUT2D eigenvalue weighted by atomic mass is 9.90. The van der Waals surface area contributed by atoms with Crippen molar-refractivity contribution in [1.29, 1.82) is 0 Å². The highest BCUT2D eigenvalue weighted by atomic mass is 16.7. The van der Waals surface area contributed by atoms with Crippen LogP contribution in [-0.2, 0) is 9.47 Å². The number of unbranched alkanes of at least 4 members (excludes halogenated alkanes) is 5. The van der Waals surface area contributed by atoms with E-state index in [0.717, 1.165) is 32.5 Å². The average Bonchev–Trinajstić information content (AvgIpc) is 2.47. The Hall–Kier alpha value is -0.120. The van der Waals surface area contributed by atoms with Crippen molar-refractivity contribution in [3.63, 3.8) is 0 Å². The average molecular weight is 331 g/mol. The molecule has 140 valence electrons. The van der Waals surface area contributed by atoms with E-state index < -0.39 is 0 Å². The molecule has 0 aromatic heterocycles. The SMILES string of the molecule is CCCCCCCCOCOCCCC(C)CC(C)CC(C)O. The van der Waals surface area contributed by atoms with Gasteiger partial charge in [0.15, 0.2) is 0 Å². The fourth-order valence-electron chi connectivity index (χ4n) is 3.18. The number of ether oxygens (including phenoxy) is 2. The van der Waals surface area contributed by atoms with E-state index in [4.69, 9.17) is 9.47 Å². The highest BCUT2D eigenvalue weighted by molar-refractivity contribution is 4.62. The molecule has 0 heterocycles. The molecule has 0 saturated carbocycles. The summed E-state index contributed by atoms with van der Waals surface area (Å²) in [5.41, 5.74) is 0. The van der Waals surface area contributed by atoms with Crippen molar-refractivity contribution in [1.82, 2.24) is 0 Å². The Kier molecular flexibility index (Phi) is 16.6. The molecule has 0 aromatic rings. The molecule has 0 spiro atoms. The van der Waals surface area contributed by atoms with Crippen molar-refractivity contribution in [2.24, 2.45) is 11.8 Å². The van der Waals surface area contributed by atoms with Gasteiger partial charge in [-0.25, -0.2) is 0 Å². The normalized spacial score (nSPS) is 15.5. The Bertz CT molecular complexity index is 231. The third-order valence-electron chi connectivity index (χ3n) is 4.34. The fourth-order valence-corrected chi connectivity index (χ4v) is 3.18. The number of aliphatic hydroxyl groups is 1. The van der Waals surface area contributed by atoms with Crippen LogP contribution in [0.4, 0.5) is 0 Å². The maximum absolute atomic E-state index is 9.39. The molecule has 0 bridgehead atoms. The van der Waals surface area contributed by atoms with Crippen molar-refractivity contribution in [3.8, 4) is 0 Å². The minimum Gasteiger partial charge on any atom is -0.393 e. The third-order valence-corrected chi connectivity index (χ3v) is 4.34. The standard InChI is InChI=1S/C20H42O3/c1-5-6-7-8-9-10-13-22-17-23-14-11-12-18(2)15-19(3)16-20(4)21/h18-21H,5-17H2,1-4H3.